The molecule has 0 radical (unpaired) electrons. The van der Waals surface area contributed by atoms with Crippen molar-refractivity contribution in [2.75, 3.05) is 12.4 Å². The van der Waals surface area contributed by atoms with Gasteiger partial charge in [0.1, 0.15) is 5.75 Å². The maximum atomic E-state index is 12.9. The van der Waals surface area contributed by atoms with Gasteiger partial charge in [0.2, 0.25) is 0 Å². The summed E-state index contributed by atoms with van der Waals surface area (Å²) in [7, 11) is 1.61. The summed E-state index contributed by atoms with van der Waals surface area (Å²) >= 11 is 16.7. The Morgan fingerprint density at radius 3 is 2.40 bits per heavy atom. The molecule has 2 aromatic rings. The minimum Gasteiger partial charge on any atom is -0.497 e. The zero-order valence-electron chi connectivity index (χ0n) is 16.8. The standard InChI is InChI=1S/C22H21Cl3N2O3/c1-21(2)12-14-6-9-16(30-3)10-17(14)18(27-21)11-19(28)13-4-7-15(8-5-13)26-20(29)22(23,24)25/h4-10H,11-12H2,1-3H3,(H,26,29). The fourth-order valence-electron chi connectivity index (χ4n) is 3.37. The van der Waals surface area contributed by atoms with Crippen LogP contribution in [-0.4, -0.2) is 33.8 Å². The number of alkyl halides is 3. The average molecular weight is 468 g/mol. The van der Waals surface area contributed by atoms with Crippen LogP contribution in [0.4, 0.5) is 5.69 Å². The van der Waals surface area contributed by atoms with Crippen molar-refractivity contribution >= 4 is 57.9 Å². The van der Waals surface area contributed by atoms with Crippen LogP contribution in [0.1, 0.15) is 41.8 Å². The molecule has 0 aliphatic carbocycles. The first-order valence-corrected chi connectivity index (χ1v) is 10.4. The zero-order valence-corrected chi connectivity index (χ0v) is 19.0. The molecule has 1 heterocycles. The van der Waals surface area contributed by atoms with E-state index in [9.17, 15) is 9.59 Å². The number of benzene rings is 2. The third-order valence-electron chi connectivity index (χ3n) is 4.74. The minimum atomic E-state index is -2.06. The summed E-state index contributed by atoms with van der Waals surface area (Å²) in [5.74, 6) is -0.127. The van der Waals surface area contributed by atoms with Crippen LogP contribution in [0.5, 0.6) is 5.75 Å². The lowest BCUT2D eigenvalue weighted by Crippen LogP contribution is -2.30. The van der Waals surface area contributed by atoms with Gasteiger partial charge < -0.3 is 10.1 Å². The van der Waals surface area contributed by atoms with Crippen molar-refractivity contribution in [3.63, 3.8) is 0 Å². The Kier molecular flexibility index (Phi) is 6.46. The summed E-state index contributed by atoms with van der Waals surface area (Å²) in [6.45, 7) is 4.10. The van der Waals surface area contributed by atoms with Crippen molar-refractivity contribution in [2.45, 2.75) is 36.0 Å². The van der Waals surface area contributed by atoms with Crippen LogP contribution in [0.25, 0.3) is 0 Å². The second-order valence-electron chi connectivity index (χ2n) is 7.70. The molecule has 0 fully saturated rings. The third kappa shape index (κ3) is 5.34. The molecule has 1 amide bonds. The smallest absolute Gasteiger partial charge is 0.276 e. The number of anilines is 1. The number of hydrogen-bond donors (Lipinski definition) is 1. The van der Waals surface area contributed by atoms with Gasteiger partial charge in [-0.3, -0.25) is 14.6 Å². The van der Waals surface area contributed by atoms with E-state index in [0.29, 0.717) is 11.3 Å². The summed E-state index contributed by atoms with van der Waals surface area (Å²) in [4.78, 5) is 29.5. The van der Waals surface area contributed by atoms with E-state index in [1.807, 2.05) is 32.0 Å². The Hall–Kier alpha value is -2.08. The lowest BCUT2D eigenvalue weighted by atomic mass is 9.85. The van der Waals surface area contributed by atoms with Crippen molar-refractivity contribution in [3.8, 4) is 5.75 Å². The van der Waals surface area contributed by atoms with Gasteiger partial charge in [0.15, 0.2) is 5.78 Å². The Bertz CT molecular complexity index is 1010. The number of fused-ring (bicyclic) bond motifs is 1. The van der Waals surface area contributed by atoms with Crippen molar-refractivity contribution in [1.29, 1.82) is 0 Å². The minimum absolute atomic E-state index is 0.0838. The number of nitrogens with zero attached hydrogens (tertiary/aromatic N) is 1. The topological polar surface area (TPSA) is 67.8 Å². The fourth-order valence-corrected chi connectivity index (χ4v) is 3.51. The number of ether oxygens (including phenoxy) is 1. The van der Waals surface area contributed by atoms with E-state index in [2.05, 4.69) is 5.32 Å². The number of carbonyl (C=O) groups excluding carboxylic acids is 2. The summed E-state index contributed by atoms with van der Waals surface area (Å²) in [5.41, 5.74) is 3.45. The summed E-state index contributed by atoms with van der Waals surface area (Å²) < 4.78 is 3.28. The Morgan fingerprint density at radius 2 is 1.80 bits per heavy atom. The molecule has 0 bridgehead atoms. The van der Waals surface area contributed by atoms with Gasteiger partial charge >= 0.3 is 0 Å². The second kappa shape index (κ2) is 8.58. The first-order chi connectivity index (χ1) is 14.0. The van der Waals surface area contributed by atoms with Crippen LogP contribution in [0, 0.1) is 0 Å². The monoisotopic (exact) mass is 466 g/mol. The highest BCUT2D eigenvalue weighted by Gasteiger charge is 2.31. The molecule has 5 nitrogen and oxygen atoms in total. The van der Waals surface area contributed by atoms with Crippen LogP contribution >= 0.6 is 34.8 Å². The van der Waals surface area contributed by atoms with E-state index < -0.39 is 9.70 Å². The van der Waals surface area contributed by atoms with Crippen LogP contribution in [0.3, 0.4) is 0 Å². The molecule has 0 saturated heterocycles. The normalized spacial score (nSPS) is 15.1. The number of rotatable bonds is 5. The molecule has 2 aromatic carbocycles. The Morgan fingerprint density at radius 1 is 1.13 bits per heavy atom. The fraction of sp³-hybridized carbons (Fsp3) is 0.318. The first kappa shape index (κ1) is 22.6. The van der Waals surface area contributed by atoms with Gasteiger partial charge in [-0.15, -0.1) is 0 Å². The highest BCUT2D eigenvalue weighted by molar-refractivity contribution is 6.76. The van der Waals surface area contributed by atoms with E-state index in [0.717, 1.165) is 29.0 Å². The number of Topliss-reactive ketones (excluding diaryl/α,β-unsaturated/α-hetero) is 1. The Balaban J connectivity index is 1.80. The molecular weight excluding hydrogens is 447 g/mol. The SMILES string of the molecule is COc1ccc2c(c1)C(CC(=O)c1ccc(NC(=O)C(Cl)(Cl)Cl)cc1)=NC(C)(C)C2. The van der Waals surface area contributed by atoms with Gasteiger partial charge in [-0.25, -0.2) is 0 Å². The highest BCUT2D eigenvalue weighted by atomic mass is 35.6. The van der Waals surface area contributed by atoms with E-state index in [4.69, 9.17) is 44.5 Å². The van der Waals surface area contributed by atoms with E-state index in [1.165, 1.54) is 0 Å². The molecule has 1 N–H and O–H groups in total. The molecule has 1 aliphatic heterocycles. The summed E-state index contributed by atoms with van der Waals surface area (Å²) in [5, 5.41) is 2.48. The van der Waals surface area contributed by atoms with Gasteiger partial charge in [-0.05, 0) is 62.2 Å². The number of halogens is 3. The molecule has 0 spiro atoms. The molecule has 3 rings (SSSR count). The van der Waals surface area contributed by atoms with E-state index in [-0.39, 0.29) is 17.7 Å². The molecule has 8 heteroatoms. The van der Waals surface area contributed by atoms with Crippen molar-refractivity contribution in [2.24, 2.45) is 4.99 Å². The Labute approximate surface area is 190 Å². The first-order valence-electron chi connectivity index (χ1n) is 9.26. The van der Waals surface area contributed by atoms with Crippen LogP contribution < -0.4 is 10.1 Å². The molecule has 1 aliphatic rings. The quantitative estimate of drug-likeness (QED) is 0.473. The molecule has 30 heavy (non-hydrogen) atoms. The number of amides is 1. The molecule has 0 saturated carbocycles. The second-order valence-corrected chi connectivity index (χ2v) is 9.98. The number of ketones is 1. The molecule has 0 atom stereocenters. The molecule has 158 valence electrons. The summed E-state index contributed by atoms with van der Waals surface area (Å²) in [6, 6.07) is 12.3. The zero-order chi connectivity index (χ0) is 22.1. The van der Waals surface area contributed by atoms with Gasteiger partial charge in [0.25, 0.3) is 9.70 Å². The van der Waals surface area contributed by atoms with Gasteiger partial charge in [0, 0.05) is 16.8 Å². The van der Waals surface area contributed by atoms with E-state index >= 15 is 0 Å². The molecule has 0 aromatic heterocycles. The summed E-state index contributed by atoms with van der Waals surface area (Å²) in [6.07, 6.45) is 0.949. The number of aliphatic imine (C=N–C) groups is 1. The lowest BCUT2D eigenvalue weighted by Gasteiger charge is -2.29. The number of carbonyl (C=O) groups is 2. The van der Waals surface area contributed by atoms with Gasteiger partial charge in [0.05, 0.1) is 24.8 Å². The predicted molar refractivity (Wildman–Crippen MR) is 122 cm³/mol. The van der Waals surface area contributed by atoms with Crippen LogP contribution in [0.2, 0.25) is 0 Å². The van der Waals surface area contributed by atoms with Gasteiger partial charge in [-0.1, -0.05) is 40.9 Å². The van der Waals surface area contributed by atoms with Crippen molar-refractivity contribution in [1.82, 2.24) is 0 Å². The largest absolute Gasteiger partial charge is 0.497 e. The van der Waals surface area contributed by atoms with Crippen molar-refractivity contribution in [3.05, 3.63) is 59.2 Å². The van der Waals surface area contributed by atoms with Gasteiger partial charge in [-0.2, -0.15) is 0 Å². The third-order valence-corrected chi connectivity index (χ3v) is 5.25. The predicted octanol–water partition coefficient (Wildman–Crippen LogP) is 5.40. The molecule has 0 unspecified atom stereocenters. The number of methoxy groups -OCH3 is 1. The number of nitrogens with one attached hydrogen (secondary N) is 1. The number of hydrogen-bond acceptors (Lipinski definition) is 4. The lowest BCUT2D eigenvalue weighted by molar-refractivity contribution is -0.115. The maximum Gasteiger partial charge on any atom is 0.276 e. The van der Waals surface area contributed by atoms with Crippen LogP contribution in [0.15, 0.2) is 47.5 Å². The maximum absolute atomic E-state index is 12.9. The highest BCUT2D eigenvalue weighted by Crippen LogP contribution is 2.31. The van der Waals surface area contributed by atoms with Crippen LogP contribution in [-0.2, 0) is 11.2 Å². The van der Waals surface area contributed by atoms with Crippen molar-refractivity contribution < 1.29 is 14.3 Å². The average Bonchev–Trinajstić information content (AvgIpc) is 2.66. The van der Waals surface area contributed by atoms with E-state index in [1.54, 1.807) is 31.4 Å². The molecular formula is C22H21Cl3N2O3.